The first-order valence-corrected chi connectivity index (χ1v) is 11.1. The van der Waals surface area contributed by atoms with Crippen LogP contribution in [0.2, 0.25) is 0 Å². The lowest BCUT2D eigenvalue weighted by molar-refractivity contribution is -0.132. The summed E-state index contributed by atoms with van der Waals surface area (Å²) in [6.45, 7) is 3.40. The molecule has 2 aliphatic heterocycles. The number of fused-ring (bicyclic) bond motifs is 3. The number of benzene rings is 1. The lowest BCUT2D eigenvalue weighted by Gasteiger charge is -2.32. The van der Waals surface area contributed by atoms with Gasteiger partial charge in [0, 0.05) is 24.0 Å². The molecule has 1 aromatic heterocycles. The molecule has 3 amide bonds. The van der Waals surface area contributed by atoms with Crippen LogP contribution in [0.5, 0.6) is 0 Å². The number of aromatic nitrogens is 1. The van der Waals surface area contributed by atoms with Gasteiger partial charge in [-0.3, -0.25) is 14.4 Å². The molecule has 32 heavy (non-hydrogen) atoms. The van der Waals surface area contributed by atoms with Crippen molar-refractivity contribution in [2.24, 2.45) is 5.41 Å². The van der Waals surface area contributed by atoms with Crippen molar-refractivity contribution in [3.8, 4) is 0 Å². The summed E-state index contributed by atoms with van der Waals surface area (Å²) in [5.74, 6) is 0.236. The summed E-state index contributed by atoms with van der Waals surface area (Å²) in [7, 11) is 0. The summed E-state index contributed by atoms with van der Waals surface area (Å²) >= 11 is 0. The zero-order valence-corrected chi connectivity index (χ0v) is 18.1. The smallest absolute Gasteiger partial charge is 0.243 e. The van der Waals surface area contributed by atoms with Gasteiger partial charge in [-0.25, -0.2) is 4.98 Å². The van der Waals surface area contributed by atoms with E-state index in [9.17, 15) is 14.4 Å². The fraction of sp³-hybridized carbons (Fsp3) is 0.417. The van der Waals surface area contributed by atoms with Gasteiger partial charge in [-0.05, 0) is 68.5 Å². The molecule has 8 nitrogen and oxygen atoms in total. The van der Waals surface area contributed by atoms with Crippen LogP contribution < -0.4 is 21.3 Å². The second kappa shape index (κ2) is 7.70. The Kier molecular flexibility index (Phi) is 4.97. The van der Waals surface area contributed by atoms with Gasteiger partial charge in [-0.15, -0.1) is 0 Å². The minimum atomic E-state index is -0.633. The molecule has 1 unspecified atom stereocenters. The Morgan fingerprint density at radius 2 is 2.03 bits per heavy atom. The molecule has 2 atom stereocenters. The van der Waals surface area contributed by atoms with E-state index >= 15 is 0 Å². The highest BCUT2D eigenvalue weighted by Crippen LogP contribution is 2.46. The van der Waals surface area contributed by atoms with Crippen molar-refractivity contribution in [2.75, 3.05) is 30.3 Å². The van der Waals surface area contributed by atoms with E-state index in [1.165, 1.54) is 0 Å². The Balaban J connectivity index is 1.24. The Labute approximate surface area is 186 Å². The van der Waals surface area contributed by atoms with Gasteiger partial charge in [0.2, 0.25) is 17.7 Å². The third-order valence-electron chi connectivity index (χ3n) is 7.02. The summed E-state index contributed by atoms with van der Waals surface area (Å²) < 4.78 is 0. The molecule has 0 saturated carbocycles. The molecule has 1 aromatic carbocycles. The number of amides is 3. The molecule has 3 heterocycles. The van der Waals surface area contributed by atoms with E-state index < -0.39 is 10.8 Å². The van der Waals surface area contributed by atoms with Gasteiger partial charge < -0.3 is 21.3 Å². The van der Waals surface area contributed by atoms with Gasteiger partial charge in [0.05, 0.1) is 17.4 Å². The lowest BCUT2D eigenvalue weighted by Crippen LogP contribution is -2.50. The summed E-state index contributed by atoms with van der Waals surface area (Å²) in [5.41, 5.74) is 2.62. The van der Waals surface area contributed by atoms with E-state index in [1.807, 2.05) is 37.3 Å². The van der Waals surface area contributed by atoms with Gasteiger partial charge in [-0.2, -0.15) is 0 Å². The number of piperidine rings is 1. The number of anilines is 2. The van der Waals surface area contributed by atoms with Crippen LogP contribution in [0.4, 0.5) is 11.5 Å². The zero-order valence-electron chi connectivity index (χ0n) is 18.1. The monoisotopic (exact) mass is 433 g/mol. The highest BCUT2D eigenvalue weighted by atomic mass is 16.2. The van der Waals surface area contributed by atoms with Gasteiger partial charge in [-0.1, -0.05) is 12.1 Å². The molecule has 2 aromatic rings. The molecule has 1 aliphatic carbocycles. The maximum atomic E-state index is 12.8. The first-order valence-electron chi connectivity index (χ1n) is 11.1. The molecule has 4 N–H and O–H groups in total. The molecule has 0 radical (unpaired) electrons. The predicted octanol–water partition coefficient (Wildman–Crippen LogP) is 1.51. The molecule has 5 rings (SSSR count). The topological polar surface area (TPSA) is 112 Å². The minimum absolute atomic E-state index is 0.0265. The first kappa shape index (κ1) is 20.6. The molecular formula is C24H27N5O3. The molecular weight excluding hydrogens is 406 g/mol. The van der Waals surface area contributed by atoms with E-state index in [2.05, 4.69) is 26.3 Å². The summed E-state index contributed by atoms with van der Waals surface area (Å²) in [6.07, 6.45) is 4.62. The van der Waals surface area contributed by atoms with Crippen molar-refractivity contribution in [1.29, 1.82) is 0 Å². The molecule has 0 bridgehead atoms. The average Bonchev–Trinajstić information content (AvgIpc) is 3.30. The van der Waals surface area contributed by atoms with Crippen molar-refractivity contribution in [3.05, 3.63) is 53.2 Å². The maximum absolute atomic E-state index is 12.8. The van der Waals surface area contributed by atoms with Crippen LogP contribution in [-0.2, 0) is 32.6 Å². The number of rotatable bonds is 4. The Bertz CT molecular complexity index is 1110. The number of carbonyl (C=O) groups is 3. The Morgan fingerprint density at radius 1 is 1.19 bits per heavy atom. The predicted molar refractivity (Wildman–Crippen MR) is 120 cm³/mol. The van der Waals surface area contributed by atoms with E-state index in [-0.39, 0.29) is 24.3 Å². The van der Waals surface area contributed by atoms with Crippen LogP contribution in [-0.4, -0.2) is 42.3 Å². The van der Waals surface area contributed by atoms with Crippen molar-refractivity contribution < 1.29 is 14.4 Å². The lowest BCUT2D eigenvalue weighted by atomic mass is 9.79. The van der Waals surface area contributed by atoms with Crippen LogP contribution in [0, 0.1) is 5.41 Å². The van der Waals surface area contributed by atoms with Gasteiger partial charge >= 0.3 is 0 Å². The van der Waals surface area contributed by atoms with Gasteiger partial charge in [0.1, 0.15) is 5.82 Å². The molecule has 1 spiro atoms. The highest BCUT2D eigenvalue weighted by Gasteiger charge is 2.51. The van der Waals surface area contributed by atoms with Crippen LogP contribution in [0.15, 0.2) is 36.5 Å². The molecule has 3 aliphatic rings. The third kappa shape index (κ3) is 3.44. The van der Waals surface area contributed by atoms with E-state index in [0.717, 1.165) is 36.1 Å². The fourth-order valence-corrected chi connectivity index (χ4v) is 5.17. The molecule has 1 saturated heterocycles. The maximum Gasteiger partial charge on any atom is 0.243 e. The van der Waals surface area contributed by atoms with Crippen molar-refractivity contribution in [2.45, 2.75) is 38.0 Å². The van der Waals surface area contributed by atoms with Crippen molar-refractivity contribution in [3.63, 3.8) is 0 Å². The molecule has 166 valence electrons. The van der Waals surface area contributed by atoms with Crippen molar-refractivity contribution in [1.82, 2.24) is 15.6 Å². The number of hydrogen-bond acceptors (Lipinski definition) is 5. The first-order chi connectivity index (χ1) is 15.4. The van der Waals surface area contributed by atoms with E-state index in [0.29, 0.717) is 30.9 Å². The van der Waals surface area contributed by atoms with Crippen LogP contribution in [0.25, 0.3) is 0 Å². The second-order valence-corrected chi connectivity index (χ2v) is 9.34. The van der Waals surface area contributed by atoms with Gasteiger partial charge in [0.25, 0.3) is 0 Å². The van der Waals surface area contributed by atoms with E-state index in [4.69, 9.17) is 0 Å². The average molecular weight is 434 g/mol. The number of carbonyl (C=O) groups excluding carboxylic acids is 3. The van der Waals surface area contributed by atoms with Gasteiger partial charge in [0.15, 0.2) is 0 Å². The number of hydrogen-bond donors (Lipinski definition) is 4. The Morgan fingerprint density at radius 3 is 2.84 bits per heavy atom. The standard InChI is InChI=1S/C24H27N5O3/c1-23(7-3-8-25-14-23)21(31)27-13-19(30)28-17-6-5-15-11-24(12-16(15)10-17)18-4-2-9-26-20(18)29-22(24)32/h2,4-6,9-10,25H,3,7-8,11-14H2,1H3,(H,27,31)(H,28,30)(H,26,29,32)/t23?,24-/m1/s1. The van der Waals surface area contributed by atoms with Crippen LogP contribution >= 0.6 is 0 Å². The van der Waals surface area contributed by atoms with Crippen LogP contribution in [0.3, 0.4) is 0 Å². The second-order valence-electron chi connectivity index (χ2n) is 9.34. The highest BCUT2D eigenvalue weighted by molar-refractivity contribution is 6.06. The van der Waals surface area contributed by atoms with E-state index in [1.54, 1.807) is 6.20 Å². The largest absolute Gasteiger partial charge is 0.347 e. The summed E-state index contributed by atoms with van der Waals surface area (Å²) in [6, 6.07) is 9.56. The molecule has 1 fully saturated rings. The quantitative estimate of drug-likeness (QED) is 0.584. The normalized spacial score (nSPS) is 25.7. The third-order valence-corrected chi connectivity index (χ3v) is 7.02. The SMILES string of the molecule is CC1(C(=O)NCC(=O)Nc2ccc3c(c2)C[C@@]2(C3)C(=O)Nc3ncccc32)CCCNC1. The minimum Gasteiger partial charge on any atom is -0.347 e. The number of nitrogens with one attached hydrogen (secondary N) is 4. The number of nitrogens with zero attached hydrogens (tertiary/aromatic N) is 1. The van der Waals surface area contributed by atoms with Crippen LogP contribution in [0.1, 0.15) is 36.5 Å². The zero-order chi connectivity index (χ0) is 22.3. The van der Waals surface area contributed by atoms with Crippen molar-refractivity contribution >= 4 is 29.2 Å². The number of pyridine rings is 1. The summed E-state index contributed by atoms with van der Waals surface area (Å²) in [4.78, 5) is 42.1. The Hall–Kier alpha value is -3.26. The molecule has 8 heteroatoms. The fourth-order valence-electron chi connectivity index (χ4n) is 5.17. The summed E-state index contributed by atoms with van der Waals surface area (Å²) in [5, 5.41) is 11.8.